The minimum atomic E-state index is -0.0921. The second-order valence-electron chi connectivity index (χ2n) is 4.25. The third-order valence-electron chi connectivity index (χ3n) is 3.11. The first-order valence-electron chi connectivity index (χ1n) is 5.72. The maximum absolute atomic E-state index is 12.1. The van der Waals surface area contributed by atoms with Crippen molar-refractivity contribution in [3.8, 4) is 0 Å². The summed E-state index contributed by atoms with van der Waals surface area (Å²) in [6.45, 7) is 0. The predicted molar refractivity (Wildman–Crippen MR) is 74.7 cm³/mol. The Balaban J connectivity index is 2.00. The van der Waals surface area contributed by atoms with Crippen molar-refractivity contribution < 1.29 is 4.79 Å². The Hall–Kier alpha value is -2.47. The molecule has 1 aromatic carbocycles. The summed E-state index contributed by atoms with van der Waals surface area (Å²) in [4.78, 5) is 19.0. The lowest BCUT2D eigenvalue weighted by atomic mass is 10.0. The molecule has 6 heteroatoms. The molecule has 0 spiro atoms. The van der Waals surface area contributed by atoms with Gasteiger partial charge in [0.1, 0.15) is 0 Å². The third kappa shape index (κ3) is 1.50. The molecule has 0 atom stereocenters. The summed E-state index contributed by atoms with van der Waals surface area (Å²) in [5, 5.41) is 3.93. The van der Waals surface area contributed by atoms with E-state index < -0.39 is 0 Å². The molecule has 0 fully saturated rings. The van der Waals surface area contributed by atoms with Crippen LogP contribution in [0, 0.1) is 0 Å². The number of amides is 1. The summed E-state index contributed by atoms with van der Waals surface area (Å²) in [6, 6.07) is 3.88. The molecular weight excluding hydrogens is 260 g/mol. The Kier molecular flexibility index (Phi) is 2.07. The molecule has 2 N–H and O–H groups in total. The summed E-state index contributed by atoms with van der Waals surface area (Å²) < 4.78 is 5.22. The zero-order chi connectivity index (χ0) is 12.8. The number of aromatic nitrogens is 3. The number of hydrogen-bond acceptors (Lipinski definition) is 4. The second-order valence-corrected chi connectivity index (χ2v) is 5.05. The average Bonchev–Trinajstić information content (AvgIpc) is 3.10. The first-order chi connectivity index (χ1) is 9.33. The first kappa shape index (κ1) is 10.5. The van der Waals surface area contributed by atoms with Crippen LogP contribution in [0.25, 0.3) is 21.7 Å². The lowest BCUT2D eigenvalue weighted by Crippen LogP contribution is -2.03. The van der Waals surface area contributed by atoms with Crippen LogP contribution in [0.4, 0.5) is 5.69 Å². The normalized spacial score (nSPS) is 16.0. The van der Waals surface area contributed by atoms with Gasteiger partial charge in [0.05, 0.1) is 34.2 Å². The van der Waals surface area contributed by atoms with Crippen LogP contribution in [-0.4, -0.2) is 20.2 Å². The van der Waals surface area contributed by atoms with Crippen LogP contribution in [-0.2, 0) is 4.79 Å². The highest BCUT2D eigenvalue weighted by molar-refractivity contribution is 7.13. The molecule has 3 aromatic rings. The molecule has 0 saturated heterocycles. The number of imidazole rings is 1. The number of carbonyl (C=O) groups is 1. The summed E-state index contributed by atoms with van der Waals surface area (Å²) in [6.07, 6.45) is 6.91. The number of hydrogen-bond donors (Lipinski definition) is 2. The monoisotopic (exact) mass is 268 g/mol. The standard InChI is InChI=1S/C13H8N4OS/c18-13-9(3-8-5-14-6-15-8)11-10(17-13)2-1-7-4-16-19-12(7)11/h1-6H,(H,14,15)(H,17,18)/b9-3-. The van der Waals surface area contributed by atoms with Gasteiger partial charge in [-0.25, -0.2) is 4.98 Å². The molecule has 3 heterocycles. The Morgan fingerprint density at radius 1 is 1.26 bits per heavy atom. The van der Waals surface area contributed by atoms with Crippen LogP contribution in [0.3, 0.4) is 0 Å². The van der Waals surface area contributed by atoms with Crippen LogP contribution in [0.15, 0.2) is 30.9 Å². The van der Waals surface area contributed by atoms with Crippen molar-refractivity contribution in [2.75, 3.05) is 5.32 Å². The number of carbonyl (C=O) groups excluding carboxylic acids is 1. The second kappa shape index (κ2) is 3.76. The maximum atomic E-state index is 12.1. The molecule has 1 aliphatic heterocycles. The van der Waals surface area contributed by atoms with Gasteiger partial charge in [-0.2, -0.15) is 4.37 Å². The van der Waals surface area contributed by atoms with Gasteiger partial charge in [0.15, 0.2) is 0 Å². The van der Waals surface area contributed by atoms with Crippen molar-refractivity contribution in [1.29, 1.82) is 0 Å². The van der Waals surface area contributed by atoms with E-state index >= 15 is 0 Å². The lowest BCUT2D eigenvalue weighted by Gasteiger charge is -1.99. The minimum Gasteiger partial charge on any atom is -0.345 e. The van der Waals surface area contributed by atoms with Gasteiger partial charge in [-0.15, -0.1) is 0 Å². The van der Waals surface area contributed by atoms with Crippen LogP contribution >= 0.6 is 11.5 Å². The molecule has 92 valence electrons. The number of rotatable bonds is 1. The summed E-state index contributed by atoms with van der Waals surface area (Å²) >= 11 is 1.40. The molecule has 5 nitrogen and oxygen atoms in total. The topological polar surface area (TPSA) is 70.7 Å². The highest BCUT2D eigenvalue weighted by Crippen LogP contribution is 2.39. The lowest BCUT2D eigenvalue weighted by molar-refractivity contribution is -0.110. The minimum absolute atomic E-state index is 0.0921. The van der Waals surface area contributed by atoms with Crippen LogP contribution in [0.1, 0.15) is 11.3 Å². The zero-order valence-electron chi connectivity index (χ0n) is 9.68. The van der Waals surface area contributed by atoms with Gasteiger partial charge in [-0.3, -0.25) is 4.79 Å². The summed E-state index contributed by atoms with van der Waals surface area (Å²) in [7, 11) is 0. The number of fused-ring (bicyclic) bond motifs is 3. The molecule has 1 aliphatic rings. The van der Waals surface area contributed by atoms with Crippen LogP contribution in [0.2, 0.25) is 0 Å². The van der Waals surface area contributed by atoms with Gasteiger partial charge in [0.25, 0.3) is 5.91 Å². The Morgan fingerprint density at radius 2 is 2.21 bits per heavy atom. The fraction of sp³-hybridized carbons (Fsp3) is 0. The SMILES string of the molecule is O=C1Nc2ccc3cnsc3c2/C1=C/c1cnc[nH]1. The molecule has 0 unspecified atom stereocenters. The maximum Gasteiger partial charge on any atom is 0.256 e. The number of nitrogens with one attached hydrogen (secondary N) is 2. The quantitative estimate of drug-likeness (QED) is 0.666. The number of benzene rings is 1. The molecule has 0 aliphatic carbocycles. The molecule has 4 rings (SSSR count). The summed E-state index contributed by atoms with van der Waals surface area (Å²) in [5.74, 6) is -0.0921. The molecule has 1 amide bonds. The van der Waals surface area contributed by atoms with Crippen molar-refractivity contribution in [2.45, 2.75) is 0 Å². The van der Waals surface area contributed by atoms with Gasteiger partial charge in [-0.1, -0.05) is 0 Å². The smallest absolute Gasteiger partial charge is 0.256 e. The van der Waals surface area contributed by atoms with E-state index in [-0.39, 0.29) is 5.91 Å². The fourth-order valence-electron chi connectivity index (χ4n) is 2.25. The van der Waals surface area contributed by atoms with E-state index in [1.54, 1.807) is 12.5 Å². The van der Waals surface area contributed by atoms with Crippen molar-refractivity contribution in [1.82, 2.24) is 14.3 Å². The largest absolute Gasteiger partial charge is 0.345 e. The van der Waals surface area contributed by atoms with Gasteiger partial charge in [0.2, 0.25) is 0 Å². The number of aromatic amines is 1. The van der Waals surface area contributed by atoms with E-state index in [2.05, 4.69) is 19.7 Å². The average molecular weight is 268 g/mol. The fourth-order valence-corrected chi connectivity index (χ4v) is 3.06. The van der Waals surface area contributed by atoms with E-state index in [9.17, 15) is 4.79 Å². The summed E-state index contributed by atoms with van der Waals surface area (Å²) in [5.41, 5.74) is 3.22. The first-order valence-corrected chi connectivity index (χ1v) is 6.49. The Bertz CT molecular complexity index is 816. The molecule has 2 aromatic heterocycles. The highest BCUT2D eigenvalue weighted by atomic mass is 32.1. The molecule has 19 heavy (non-hydrogen) atoms. The number of anilines is 1. The van der Waals surface area contributed by atoms with Crippen LogP contribution < -0.4 is 5.32 Å². The molecule has 0 saturated carbocycles. The predicted octanol–water partition coefficient (Wildman–Crippen LogP) is 2.51. The van der Waals surface area contributed by atoms with Crippen molar-refractivity contribution in [3.63, 3.8) is 0 Å². The molecular formula is C13H8N4OS. The number of nitrogens with zero attached hydrogens (tertiary/aromatic N) is 2. The van der Waals surface area contributed by atoms with E-state index in [0.717, 1.165) is 27.0 Å². The van der Waals surface area contributed by atoms with E-state index in [1.807, 2.05) is 24.4 Å². The zero-order valence-corrected chi connectivity index (χ0v) is 10.5. The van der Waals surface area contributed by atoms with Crippen molar-refractivity contribution >= 4 is 44.9 Å². The van der Waals surface area contributed by atoms with Gasteiger partial charge in [-0.05, 0) is 29.7 Å². The van der Waals surface area contributed by atoms with E-state index in [0.29, 0.717) is 5.57 Å². The van der Waals surface area contributed by atoms with Crippen LogP contribution in [0.5, 0.6) is 0 Å². The molecule has 0 radical (unpaired) electrons. The Labute approximate surface area is 112 Å². The van der Waals surface area contributed by atoms with Gasteiger partial charge < -0.3 is 10.3 Å². The van der Waals surface area contributed by atoms with Crippen molar-refractivity contribution in [3.05, 3.63) is 42.1 Å². The van der Waals surface area contributed by atoms with E-state index in [4.69, 9.17) is 0 Å². The van der Waals surface area contributed by atoms with Crippen molar-refractivity contribution in [2.24, 2.45) is 0 Å². The van der Waals surface area contributed by atoms with E-state index in [1.165, 1.54) is 11.5 Å². The highest BCUT2D eigenvalue weighted by Gasteiger charge is 2.27. The Morgan fingerprint density at radius 3 is 3.05 bits per heavy atom. The third-order valence-corrected chi connectivity index (χ3v) is 3.94. The molecule has 0 bridgehead atoms. The van der Waals surface area contributed by atoms with Gasteiger partial charge in [0, 0.05) is 17.1 Å². The van der Waals surface area contributed by atoms with Gasteiger partial charge >= 0.3 is 0 Å². The number of H-pyrrole nitrogens is 1.